The maximum Gasteiger partial charge on any atom is 0.335 e. The van der Waals surface area contributed by atoms with Crippen LogP contribution in [-0.4, -0.2) is 38.4 Å². The highest BCUT2D eigenvalue weighted by molar-refractivity contribution is 7.90. The summed E-state index contributed by atoms with van der Waals surface area (Å²) in [5.41, 5.74) is 4.10. The van der Waals surface area contributed by atoms with Gasteiger partial charge in [0.15, 0.2) is 11.2 Å². The number of carbonyl (C=O) groups is 1. The summed E-state index contributed by atoms with van der Waals surface area (Å²) in [7, 11) is -4.19. The molecule has 118 valence electrons. The van der Waals surface area contributed by atoms with Crippen LogP contribution in [0.2, 0.25) is 0 Å². The Morgan fingerprint density at radius 1 is 1.35 bits per heavy atom. The van der Waals surface area contributed by atoms with E-state index in [4.69, 9.17) is 10.8 Å². The van der Waals surface area contributed by atoms with E-state index in [1.807, 2.05) is 0 Å². The Morgan fingerprint density at radius 3 is 2.78 bits per heavy atom. The van der Waals surface area contributed by atoms with Crippen LogP contribution in [0.15, 0.2) is 40.3 Å². The highest BCUT2D eigenvalue weighted by Gasteiger charge is 2.23. The van der Waals surface area contributed by atoms with Crippen molar-refractivity contribution in [2.45, 2.75) is 4.90 Å². The van der Waals surface area contributed by atoms with Crippen molar-refractivity contribution < 1.29 is 18.3 Å². The van der Waals surface area contributed by atoms with E-state index in [1.54, 1.807) is 0 Å². The number of nitrogen functional groups attached to an aromatic ring is 1. The van der Waals surface area contributed by atoms with Gasteiger partial charge in [0.25, 0.3) is 15.6 Å². The molecule has 1 aromatic carbocycles. The molecule has 0 saturated heterocycles. The van der Waals surface area contributed by atoms with Gasteiger partial charge in [0.2, 0.25) is 5.95 Å². The standard InChI is InChI=1S/C12H9N5O5S/c13-12-15-9-8(10(18)16-12)14-5-17(9)23(21,22)7-3-1-2-6(4-7)11(19)20/h1-5H,(H,19,20)(H3,13,15,16,18). The number of rotatable bonds is 3. The second kappa shape index (κ2) is 4.91. The summed E-state index contributed by atoms with van der Waals surface area (Å²) in [6.45, 7) is 0. The number of nitrogens with one attached hydrogen (secondary N) is 1. The first-order valence-corrected chi connectivity index (χ1v) is 7.56. The number of anilines is 1. The van der Waals surface area contributed by atoms with Crippen LogP contribution >= 0.6 is 0 Å². The molecule has 0 radical (unpaired) electrons. The second-order valence-corrected chi connectivity index (χ2v) is 6.32. The second-order valence-electron chi connectivity index (χ2n) is 4.50. The fraction of sp³-hybridized carbons (Fsp3) is 0. The van der Waals surface area contributed by atoms with Gasteiger partial charge in [-0.3, -0.25) is 9.78 Å². The minimum atomic E-state index is -4.19. The molecule has 0 atom stereocenters. The van der Waals surface area contributed by atoms with Gasteiger partial charge in [-0.15, -0.1) is 0 Å². The number of aromatic nitrogens is 4. The van der Waals surface area contributed by atoms with Crippen molar-refractivity contribution in [3.05, 3.63) is 46.5 Å². The molecule has 0 unspecified atom stereocenters. The number of benzene rings is 1. The first-order valence-electron chi connectivity index (χ1n) is 6.12. The van der Waals surface area contributed by atoms with Gasteiger partial charge in [0.1, 0.15) is 6.33 Å². The molecule has 0 saturated carbocycles. The minimum Gasteiger partial charge on any atom is -0.478 e. The largest absolute Gasteiger partial charge is 0.478 e. The third-order valence-corrected chi connectivity index (χ3v) is 4.67. The number of hydrogen-bond donors (Lipinski definition) is 3. The maximum absolute atomic E-state index is 12.6. The molecule has 0 fully saturated rings. The summed E-state index contributed by atoms with van der Waals surface area (Å²) in [5, 5.41) is 8.96. The van der Waals surface area contributed by atoms with E-state index in [0.717, 1.165) is 12.4 Å². The summed E-state index contributed by atoms with van der Waals surface area (Å²) in [6, 6.07) is 4.78. The van der Waals surface area contributed by atoms with Gasteiger partial charge < -0.3 is 10.8 Å². The van der Waals surface area contributed by atoms with Gasteiger partial charge >= 0.3 is 5.97 Å². The molecule has 0 aliphatic rings. The summed E-state index contributed by atoms with van der Waals surface area (Å²) in [5.74, 6) is -1.53. The average Bonchev–Trinajstić information content (AvgIpc) is 2.92. The Bertz CT molecular complexity index is 1100. The fourth-order valence-corrected chi connectivity index (χ4v) is 3.27. The Kier molecular flexibility index (Phi) is 3.14. The number of aromatic carboxylic acids is 1. The Labute approximate surface area is 128 Å². The third-order valence-electron chi connectivity index (χ3n) is 3.03. The molecule has 10 nitrogen and oxygen atoms in total. The SMILES string of the molecule is Nc1nc2c(ncn2S(=O)(=O)c2cccc(C(=O)O)c2)c(=O)[nH]1. The van der Waals surface area contributed by atoms with E-state index >= 15 is 0 Å². The molecule has 0 aliphatic heterocycles. The first-order chi connectivity index (χ1) is 10.8. The van der Waals surface area contributed by atoms with Crippen molar-refractivity contribution in [1.82, 2.24) is 18.9 Å². The number of aromatic amines is 1. The molecule has 4 N–H and O–H groups in total. The predicted octanol–water partition coefficient (Wildman–Crippen LogP) is -0.363. The molecule has 0 amide bonds. The molecular formula is C12H9N5O5S. The monoisotopic (exact) mass is 335 g/mol. The van der Waals surface area contributed by atoms with Crippen LogP contribution < -0.4 is 11.3 Å². The van der Waals surface area contributed by atoms with Crippen LogP contribution in [0.25, 0.3) is 11.2 Å². The highest BCUT2D eigenvalue weighted by Crippen LogP contribution is 2.19. The zero-order chi connectivity index (χ0) is 16.8. The zero-order valence-electron chi connectivity index (χ0n) is 11.3. The summed E-state index contributed by atoms with van der Waals surface area (Å²) < 4.78 is 26.0. The van der Waals surface area contributed by atoms with Crippen LogP contribution in [0, 0.1) is 0 Å². The van der Waals surface area contributed by atoms with Crippen molar-refractivity contribution >= 4 is 33.1 Å². The maximum atomic E-state index is 12.6. The molecule has 3 rings (SSSR count). The number of nitrogens with zero attached hydrogens (tertiary/aromatic N) is 3. The lowest BCUT2D eigenvalue weighted by Crippen LogP contribution is -2.16. The topological polar surface area (TPSA) is 161 Å². The number of carboxylic acids is 1. The molecule has 0 aliphatic carbocycles. The average molecular weight is 335 g/mol. The number of hydrogen-bond acceptors (Lipinski definition) is 7. The number of imidazole rings is 1. The zero-order valence-corrected chi connectivity index (χ0v) is 12.1. The minimum absolute atomic E-state index is 0.194. The number of carboxylic acid groups (broad SMARTS) is 1. The van der Waals surface area contributed by atoms with Crippen molar-refractivity contribution in [2.75, 3.05) is 5.73 Å². The van der Waals surface area contributed by atoms with Crippen LogP contribution in [0.5, 0.6) is 0 Å². The molecular weight excluding hydrogens is 326 g/mol. The van der Waals surface area contributed by atoms with E-state index < -0.39 is 21.6 Å². The van der Waals surface area contributed by atoms with Crippen molar-refractivity contribution in [3.8, 4) is 0 Å². The van der Waals surface area contributed by atoms with Gasteiger partial charge in [-0.05, 0) is 18.2 Å². The van der Waals surface area contributed by atoms with E-state index in [0.29, 0.717) is 3.97 Å². The summed E-state index contributed by atoms with van der Waals surface area (Å²) in [6.07, 6.45) is 0.912. The molecule has 0 bridgehead atoms. The van der Waals surface area contributed by atoms with Crippen molar-refractivity contribution in [2.24, 2.45) is 0 Å². The Morgan fingerprint density at radius 2 is 2.09 bits per heavy atom. The molecule has 2 heterocycles. The molecule has 3 aromatic rings. The van der Waals surface area contributed by atoms with Gasteiger partial charge in [-0.25, -0.2) is 22.2 Å². The summed E-state index contributed by atoms with van der Waals surface area (Å²) >= 11 is 0. The van der Waals surface area contributed by atoms with E-state index in [-0.39, 0.29) is 27.6 Å². The fourth-order valence-electron chi connectivity index (χ4n) is 1.99. The van der Waals surface area contributed by atoms with Gasteiger partial charge in [0.05, 0.1) is 10.5 Å². The van der Waals surface area contributed by atoms with Gasteiger partial charge in [-0.1, -0.05) is 6.07 Å². The Balaban J connectivity index is 2.27. The van der Waals surface area contributed by atoms with Crippen molar-refractivity contribution in [1.29, 1.82) is 0 Å². The molecule has 23 heavy (non-hydrogen) atoms. The number of H-pyrrole nitrogens is 1. The van der Waals surface area contributed by atoms with E-state index in [2.05, 4.69) is 15.0 Å². The van der Waals surface area contributed by atoms with E-state index in [1.165, 1.54) is 18.2 Å². The lowest BCUT2D eigenvalue weighted by molar-refractivity contribution is 0.0696. The number of nitrogens with two attached hydrogens (primary N) is 1. The van der Waals surface area contributed by atoms with Crippen LogP contribution in [-0.2, 0) is 10.0 Å². The first kappa shape index (κ1) is 14.7. The molecule has 0 spiro atoms. The van der Waals surface area contributed by atoms with Crippen molar-refractivity contribution in [3.63, 3.8) is 0 Å². The third kappa shape index (κ3) is 2.32. The van der Waals surface area contributed by atoms with Crippen LogP contribution in [0.1, 0.15) is 10.4 Å². The van der Waals surface area contributed by atoms with Gasteiger partial charge in [0, 0.05) is 0 Å². The van der Waals surface area contributed by atoms with Crippen LogP contribution in [0.3, 0.4) is 0 Å². The van der Waals surface area contributed by atoms with Crippen LogP contribution in [0.4, 0.5) is 5.95 Å². The quantitative estimate of drug-likeness (QED) is 0.584. The highest BCUT2D eigenvalue weighted by atomic mass is 32.2. The lowest BCUT2D eigenvalue weighted by atomic mass is 10.2. The molecule has 11 heteroatoms. The summed E-state index contributed by atoms with van der Waals surface area (Å²) in [4.78, 5) is 32.1. The Hall–Kier alpha value is -3.21. The lowest BCUT2D eigenvalue weighted by Gasteiger charge is -2.06. The number of fused-ring (bicyclic) bond motifs is 1. The van der Waals surface area contributed by atoms with E-state index in [9.17, 15) is 18.0 Å². The van der Waals surface area contributed by atoms with Gasteiger partial charge in [-0.2, -0.15) is 4.98 Å². The molecule has 2 aromatic heterocycles. The smallest absolute Gasteiger partial charge is 0.335 e. The normalized spacial score (nSPS) is 11.7. The predicted molar refractivity (Wildman–Crippen MR) is 78.5 cm³/mol.